The van der Waals surface area contributed by atoms with E-state index in [9.17, 15) is 4.79 Å². The first-order valence-corrected chi connectivity index (χ1v) is 8.56. The summed E-state index contributed by atoms with van der Waals surface area (Å²) in [6.07, 6.45) is 2.30. The van der Waals surface area contributed by atoms with Crippen molar-refractivity contribution < 1.29 is 9.53 Å². The third kappa shape index (κ3) is 3.36. The van der Waals surface area contributed by atoms with Crippen molar-refractivity contribution >= 4 is 5.97 Å². The molecule has 0 radical (unpaired) electrons. The lowest BCUT2D eigenvalue weighted by atomic mass is 9.78. The van der Waals surface area contributed by atoms with Crippen LogP contribution in [0.1, 0.15) is 23.1 Å². The largest absolute Gasteiger partial charge is 0.465 e. The van der Waals surface area contributed by atoms with Crippen LogP contribution in [0.5, 0.6) is 0 Å². The third-order valence-electron chi connectivity index (χ3n) is 4.80. The molecule has 3 heteroatoms. The Morgan fingerprint density at radius 1 is 1.00 bits per heavy atom. The summed E-state index contributed by atoms with van der Waals surface area (Å²) >= 11 is 0. The SMILES string of the molecule is CN(C)CCCOC(=O)C1(c2ccccc2)Cc2ccccc2C1. The van der Waals surface area contributed by atoms with Crippen molar-refractivity contribution in [1.82, 2.24) is 4.90 Å². The highest BCUT2D eigenvalue weighted by Gasteiger charge is 2.46. The van der Waals surface area contributed by atoms with Gasteiger partial charge in [-0.3, -0.25) is 4.79 Å². The second kappa shape index (κ2) is 7.18. The van der Waals surface area contributed by atoms with Crippen LogP contribution in [0, 0.1) is 0 Å². The lowest BCUT2D eigenvalue weighted by molar-refractivity contribution is -0.150. The van der Waals surface area contributed by atoms with Crippen molar-refractivity contribution in [2.24, 2.45) is 0 Å². The molecule has 0 aliphatic heterocycles. The minimum atomic E-state index is -0.580. The number of hydrogen-bond donors (Lipinski definition) is 0. The minimum absolute atomic E-state index is 0.0938. The molecule has 0 aromatic heterocycles. The lowest BCUT2D eigenvalue weighted by Crippen LogP contribution is -2.38. The Labute approximate surface area is 144 Å². The van der Waals surface area contributed by atoms with Crippen LogP contribution in [0.4, 0.5) is 0 Å². The summed E-state index contributed by atoms with van der Waals surface area (Å²) in [5, 5.41) is 0. The van der Waals surface area contributed by atoms with Crippen LogP contribution >= 0.6 is 0 Å². The Balaban J connectivity index is 1.81. The number of hydrogen-bond acceptors (Lipinski definition) is 3. The standard InChI is InChI=1S/C21H25NO2/c1-22(2)13-8-14-24-20(23)21(19-11-4-3-5-12-19)15-17-9-6-7-10-18(17)16-21/h3-7,9-12H,8,13-16H2,1-2H3. The average molecular weight is 323 g/mol. The zero-order chi connectivity index (χ0) is 17.0. The predicted octanol–water partition coefficient (Wildman–Crippen LogP) is 3.22. The van der Waals surface area contributed by atoms with E-state index in [-0.39, 0.29) is 5.97 Å². The fourth-order valence-corrected chi connectivity index (χ4v) is 3.52. The van der Waals surface area contributed by atoms with Gasteiger partial charge in [-0.1, -0.05) is 54.6 Å². The van der Waals surface area contributed by atoms with Gasteiger partial charge in [0.15, 0.2) is 0 Å². The summed E-state index contributed by atoms with van der Waals surface area (Å²) in [5.41, 5.74) is 2.99. The molecule has 0 saturated carbocycles. The number of carbonyl (C=O) groups is 1. The van der Waals surface area contributed by atoms with Crippen molar-refractivity contribution in [3.05, 3.63) is 71.3 Å². The second-order valence-electron chi connectivity index (χ2n) is 6.86. The van der Waals surface area contributed by atoms with E-state index in [1.165, 1.54) is 11.1 Å². The highest BCUT2D eigenvalue weighted by atomic mass is 16.5. The molecule has 0 spiro atoms. The maximum Gasteiger partial charge on any atom is 0.317 e. The van der Waals surface area contributed by atoms with Crippen molar-refractivity contribution in [1.29, 1.82) is 0 Å². The quantitative estimate of drug-likeness (QED) is 0.604. The van der Waals surface area contributed by atoms with Crippen LogP contribution in [0.3, 0.4) is 0 Å². The Kier molecular flexibility index (Phi) is 5.00. The van der Waals surface area contributed by atoms with E-state index in [2.05, 4.69) is 17.0 Å². The lowest BCUT2D eigenvalue weighted by Gasteiger charge is -2.27. The number of benzene rings is 2. The molecule has 0 N–H and O–H groups in total. The van der Waals surface area contributed by atoms with E-state index >= 15 is 0 Å². The van der Waals surface area contributed by atoms with Crippen LogP contribution in [-0.4, -0.2) is 38.1 Å². The topological polar surface area (TPSA) is 29.5 Å². The van der Waals surface area contributed by atoms with Crippen LogP contribution < -0.4 is 0 Å². The van der Waals surface area contributed by atoms with Gasteiger partial charge >= 0.3 is 5.97 Å². The monoisotopic (exact) mass is 323 g/mol. The molecule has 3 rings (SSSR count). The number of carbonyl (C=O) groups excluding carboxylic acids is 1. The van der Waals surface area contributed by atoms with Gasteiger partial charge in [-0.2, -0.15) is 0 Å². The van der Waals surface area contributed by atoms with Crippen molar-refractivity contribution in [3.63, 3.8) is 0 Å². The van der Waals surface area contributed by atoms with E-state index in [4.69, 9.17) is 4.74 Å². The maximum atomic E-state index is 13.0. The molecule has 24 heavy (non-hydrogen) atoms. The summed E-state index contributed by atoms with van der Waals surface area (Å²) < 4.78 is 5.70. The zero-order valence-electron chi connectivity index (χ0n) is 14.5. The minimum Gasteiger partial charge on any atom is -0.465 e. The second-order valence-corrected chi connectivity index (χ2v) is 6.86. The highest BCUT2D eigenvalue weighted by molar-refractivity contribution is 5.85. The molecule has 2 aromatic carbocycles. The van der Waals surface area contributed by atoms with Crippen molar-refractivity contribution in [2.45, 2.75) is 24.7 Å². The average Bonchev–Trinajstić information content (AvgIpc) is 3.00. The van der Waals surface area contributed by atoms with Gasteiger partial charge in [-0.15, -0.1) is 0 Å². The summed E-state index contributed by atoms with van der Waals surface area (Å²) in [4.78, 5) is 15.1. The van der Waals surface area contributed by atoms with Gasteiger partial charge in [0.2, 0.25) is 0 Å². The van der Waals surface area contributed by atoms with E-state index in [0.29, 0.717) is 6.61 Å². The summed E-state index contributed by atoms with van der Waals surface area (Å²) in [6.45, 7) is 1.40. The van der Waals surface area contributed by atoms with Gasteiger partial charge < -0.3 is 9.64 Å². The molecule has 0 bridgehead atoms. The molecule has 0 unspecified atom stereocenters. The predicted molar refractivity (Wildman–Crippen MR) is 96.1 cm³/mol. The van der Waals surface area contributed by atoms with Gasteiger partial charge in [-0.05, 0) is 50.0 Å². The van der Waals surface area contributed by atoms with Gasteiger partial charge in [0.05, 0.1) is 6.61 Å². The van der Waals surface area contributed by atoms with E-state index in [1.807, 2.05) is 56.6 Å². The van der Waals surface area contributed by atoms with Crippen LogP contribution in [-0.2, 0) is 27.8 Å². The number of fused-ring (bicyclic) bond motifs is 1. The molecule has 0 heterocycles. The van der Waals surface area contributed by atoms with Crippen molar-refractivity contribution in [2.75, 3.05) is 27.2 Å². The summed E-state index contributed by atoms with van der Waals surface area (Å²) in [5.74, 6) is -0.0938. The molecule has 0 amide bonds. The van der Waals surface area contributed by atoms with Gasteiger partial charge in [0, 0.05) is 6.54 Å². The number of ether oxygens (including phenoxy) is 1. The first kappa shape index (κ1) is 16.7. The van der Waals surface area contributed by atoms with Crippen LogP contribution in [0.2, 0.25) is 0 Å². The summed E-state index contributed by atoms with van der Waals surface area (Å²) in [6, 6.07) is 18.4. The van der Waals surface area contributed by atoms with Crippen LogP contribution in [0.25, 0.3) is 0 Å². The Morgan fingerprint density at radius 3 is 2.17 bits per heavy atom. The summed E-state index contributed by atoms with van der Waals surface area (Å²) in [7, 11) is 4.06. The molecule has 2 aromatic rings. The van der Waals surface area contributed by atoms with E-state index < -0.39 is 5.41 Å². The molecule has 0 fully saturated rings. The van der Waals surface area contributed by atoms with Gasteiger partial charge in [0.25, 0.3) is 0 Å². The third-order valence-corrected chi connectivity index (χ3v) is 4.80. The van der Waals surface area contributed by atoms with E-state index in [1.54, 1.807) is 0 Å². The molecule has 126 valence electrons. The number of nitrogens with zero attached hydrogens (tertiary/aromatic N) is 1. The number of esters is 1. The van der Waals surface area contributed by atoms with E-state index in [0.717, 1.165) is 31.4 Å². The molecule has 1 aliphatic rings. The highest BCUT2D eigenvalue weighted by Crippen LogP contribution is 2.40. The normalized spacial score (nSPS) is 15.3. The van der Waals surface area contributed by atoms with Crippen LogP contribution in [0.15, 0.2) is 54.6 Å². The smallest absolute Gasteiger partial charge is 0.317 e. The molecule has 0 atom stereocenters. The molecule has 3 nitrogen and oxygen atoms in total. The molecular formula is C21H25NO2. The van der Waals surface area contributed by atoms with Gasteiger partial charge in [-0.25, -0.2) is 0 Å². The molecule has 0 saturated heterocycles. The first-order chi connectivity index (χ1) is 11.6. The first-order valence-electron chi connectivity index (χ1n) is 8.56. The molecule has 1 aliphatic carbocycles. The van der Waals surface area contributed by atoms with Crippen molar-refractivity contribution in [3.8, 4) is 0 Å². The molecular weight excluding hydrogens is 298 g/mol. The maximum absolute atomic E-state index is 13.0. The Morgan fingerprint density at radius 2 is 1.58 bits per heavy atom. The fourth-order valence-electron chi connectivity index (χ4n) is 3.52. The van der Waals surface area contributed by atoms with Gasteiger partial charge in [0.1, 0.15) is 5.41 Å². The Bertz CT molecular complexity index is 669. The number of rotatable bonds is 6. The zero-order valence-corrected chi connectivity index (χ0v) is 14.5. The Hall–Kier alpha value is -2.13. The fraction of sp³-hybridized carbons (Fsp3) is 0.381.